The van der Waals surface area contributed by atoms with Crippen LogP contribution in [0.5, 0.6) is 5.75 Å². The number of aromatic amines is 1. The molecule has 0 atom stereocenters. The number of morpholine rings is 1. The number of nitrogens with one attached hydrogen (secondary N) is 3. The van der Waals surface area contributed by atoms with Gasteiger partial charge in [-0.2, -0.15) is 0 Å². The molecule has 0 spiro atoms. The summed E-state index contributed by atoms with van der Waals surface area (Å²) >= 11 is 1.48. The van der Waals surface area contributed by atoms with E-state index < -0.39 is 0 Å². The second-order valence-corrected chi connectivity index (χ2v) is 7.92. The lowest BCUT2D eigenvalue weighted by molar-refractivity contribution is -0.118. The highest BCUT2D eigenvalue weighted by molar-refractivity contribution is 7.23. The van der Waals surface area contributed by atoms with Gasteiger partial charge in [0.25, 0.3) is 0 Å². The predicted molar refractivity (Wildman–Crippen MR) is 115 cm³/mol. The van der Waals surface area contributed by atoms with Crippen molar-refractivity contribution in [2.24, 2.45) is 0 Å². The zero-order valence-corrected chi connectivity index (χ0v) is 16.9. The van der Waals surface area contributed by atoms with E-state index in [-0.39, 0.29) is 5.91 Å². The summed E-state index contributed by atoms with van der Waals surface area (Å²) in [6.45, 7) is 3.25. The first kappa shape index (κ1) is 19.4. The van der Waals surface area contributed by atoms with Gasteiger partial charge in [0.2, 0.25) is 5.91 Å². The normalized spacial score (nSPS) is 14.8. The number of hydrogen-bond donors (Lipinski definition) is 4. The summed E-state index contributed by atoms with van der Waals surface area (Å²) in [6, 6.07) is 9.07. The first-order chi connectivity index (χ1) is 14.0. The number of hydrogen-bond acceptors (Lipinski definition) is 7. The average molecular weight is 414 g/mol. The van der Waals surface area contributed by atoms with Gasteiger partial charge >= 0.3 is 0 Å². The molecule has 0 bridgehead atoms. The molecular formula is C20H23N5O3S. The topological polar surface area (TPSA) is 116 Å². The number of aromatic nitrogens is 1. The molecule has 1 fully saturated rings. The van der Waals surface area contributed by atoms with Crippen molar-refractivity contribution >= 4 is 43.9 Å². The van der Waals surface area contributed by atoms with Gasteiger partial charge in [0.1, 0.15) is 5.75 Å². The molecule has 5 N–H and O–H groups in total. The molecule has 1 amide bonds. The van der Waals surface area contributed by atoms with Crippen molar-refractivity contribution in [3.05, 3.63) is 41.6 Å². The van der Waals surface area contributed by atoms with Crippen LogP contribution < -0.4 is 15.8 Å². The standard InChI is InChI=1S/C20H23N5O3S/c1-27-12-2-3-13(14(21)8-12)20(22)16-9-17-15(23-16)10-19(29-17)24-18(26)11-25-4-6-28-7-5-25/h2-3,8-10,22-23H,4-7,11,21H2,1H3,(H,24,26). The summed E-state index contributed by atoms with van der Waals surface area (Å²) in [5, 5.41) is 12.2. The number of H-pyrrole nitrogens is 1. The van der Waals surface area contributed by atoms with Crippen LogP contribution in [0.4, 0.5) is 10.7 Å². The second kappa shape index (κ2) is 8.24. The molecule has 1 aliphatic rings. The summed E-state index contributed by atoms with van der Waals surface area (Å²) < 4.78 is 11.4. The van der Waals surface area contributed by atoms with Crippen LogP contribution in [0.15, 0.2) is 30.3 Å². The van der Waals surface area contributed by atoms with Gasteiger partial charge in [0.15, 0.2) is 0 Å². The molecule has 29 heavy (non-hydrogen) atoms. The number of nitrogens with zero attached hydrogens (tertiary/aromatic N) is 1. The molecule has 3 aromatic rings. The lowest BCUT2D eigenvalue weighted by Gasteiger charge is -2.25. The Morgan fingerprint density at radius 3 is 2.83 bits per heavy atom. The van der Waals surface area contributed by atoms with E-state index in [0.29, 0.717) is 48.2 Å². The molecule has 0 aliphatic carbocycles. The highest BCUT2D eigenvalue weighted by Crippen LogP contribution is 2.31. The van der Waals surface area contributed by atoms with E-state index in [1.807, 2.05) is 12.1 Å². The van der Waals surface area contributed by atoms with E-state index in [0.717, 1.165) is 28.3 Å². The van der Waals surface area contributed by atoms with Crippen LogP contribution in [0, 0.1) is 5.41 Å². The summed E-state index contributed by atoms with van der Waals surface area (Å²) in [4.78, 5) is 17.6. The largest absolute Gasteiger partial charge is 0.497 e. The number of benzene rings is 1. The highest BCUT2D eigenvalue weighted by atomic mass is 32.1. The summed E-state index contributed by atoms with van der Waals surface area (Å²) in [5.74, 6) is 0.624. The van der Waals surface area contributed by atoms with E-state index in [2.05, 4.69) is 15.2 Å². The molecule has 0 saturated carbocycles. The minimum absolute atomic E-state index is 0.0326. The highest BCUT2D eigenvalue weighted by Gasteiger charge is 2.17. The molecule has 1 saturated heterocycles. The molecule has 3 heterocycles. The second-order valence-electron chi connectivity index (χ2n) is 6.84. The molecule has 1 aliphatic heterocycles. The Kier molecular flexibility index (Phi) is 5.52. The number of ether oxygens (including phenoxy) is 2. The predicted octanol–water partition coefficient (Wildman–Crippen LogP) is 2.51. The molecule has 0 unspecified atom stereocenters. The maximum Gasteiger partial charge on any atom is 0.239 e. The molecule has 152 valence electrons. The fraction of sp³-hybridized carbons (Fsp3) is 0.300. The van der Waals surface area contributed by atoms with Crippen LogP contribution in [0.2, 0.25) is 0 Å². The number of amides is 1. The quantitative estimate of drug-likeness (QED) is 0.366. The summed E-state index contributed by atoms with van der Waals surface area (Å²) in [6.07, 6.45) is 0. The molecule has 1 aromatic carbocycles. The number of anilines is 2. The maximum absolute atomic E-state index is 12.3. The lowest BCUT2D eigenvalue weighted by Crippen LogP contribution is -2.41. The Morgan fingerprint density at radius 2 is 2.14 bits per heavy atom. The van der Waals surface area contributed by atoms with Crippen molar-refractivity contribution in [1.29, 1.82) is 5.41 Å². The fourth-order valence-electron chi connectivity index (χ4n) is 3.30. The fourth-order valence-corrected chi connectivity index (χ4v) is 4.27. The van der Waals surface area contributed by atoms with Crippen LogP contribution in [-0.2, 0) is 9.53 Å². The number of nitrogen functional groups attached to an aromatic ring is 1. The van der Waals surface area contributed by atoms with Gasteiger partial charge in [-0.3, -0.25) is 15.1 Å². The molecule has 4 rings (SSSR count). The van der Waals surface area contributed by atoms with Crippen molar-refractivity contribution in [1.82, 2.24) is 9.88 Å². The van der Waals surface area contributed by atoms with Gasteiger partial charge in [-0.15, -0.1) is 11.3 Å². The van der Waals surface area contributed by atoms with Crippen LogP contribution in [-0.4, -0.2) is 61.5 Å². The van der Waals surface area contributed by atoms with E-state index in [9.17, 15) is 4.79 Å². The van der Waals surface area contributed by atoms with Gasteiger partial charge in [0.05, 0.1) is 53.5 Å². The Morgan fingerprint density at radius 1 is 1.34 bits per heavy atom. The molecule has 0 radical (unpaired) electrons. The maximum atomic E-state index is 12.3. The van der Waals surface area contributed by atoms with Crippen LogP contribution in [0.3, 0.4) is 0 Å². The Balaban J connectivity index is 1.45. The van der Waals surface area contributed by atoms with Crippen molar-refractivity contribution < 1.29 is 14.3 Å². The molecule has 9 heteroatoms. The smallest absolute Gasteiger partial charge is 0.239 e. The number of carbonyl (C=O) groups is 1. The van der Waals surface area contributed by atoms with E-state index in [4.69, 9.17) is 20.6 Å². The van der Waals surface area contributed by atoms with E-state index >= 15 is 0 Å². The van der Waals surface area contributed by atoms with Gasteiger partial charge in [0, 0.05) is 30.4 Å². The number of rotatable bonds is 6. The molecule has 8 nitrogen and oxygen atoms in total. The number of thiophene rings is 1. The average Bonchev–Trinajstić information content (AvgIpc) is 3.26. The van der Waals surface area contributed by atoms with Crippen molar-refractivity contribution in [2.75, 3.05) is 51.0 Å². The van der Waals surface area contributed by atoms with Gasteiger partial charge in [-0.05, 0) is 24.3 Å². The first-order valence-electron chi connectivity index (χ1n) is 9.29. The van der Waals surface area contributed by atoms with Gasteiger partial charge < -0.3 is 25.5 Å². The number of methoxy groups -OCH3 is 1. The summed E-state index contributed by atoms with van der Waals surface area (Å²) in [5.41, 5.74) is 9.06. The van der Waals surface area contributed by atoms with Crippen LogP contribution in [0.1, 0.15) is 11.3 Å². The Labute approximate surface area is 172 Å². The third kappa shape index (κ3) is 4.26. The third-order valence-electron chi connectivity index (χ3n) is 4.84. The zero-order chi connectivity index (χ0) is 20.4. The molecule has 2 aromatic heterocycles. The number of carbonyl (C=O) groups excluding carboxylic acids is 1. The van der Waals surface area contributed by atoms with Crippen LogP contribution >= 0.6 is 11.3 Å². The molecular weight excluding hydrogens is 390 g/mol. The van der Waals surface area contributed by atoms with Gasteiger partial charge in [-0.25, -0.2) is 0 Å². The van der Waals surface area contributed by atoms with Crippen molar-refractivity contribution in [2.45, 2.75) is 0 Å². The summed E-state index contributed by atoms with van der Waals surface area (Å²) in [7, 11) is 1.58. The first-order valence-corrected chi connectivity index (χ1v) is 10.1. The Bertz CT molecular complexity index is 1020. The van der Waals surface area contributed by atoms with Crippen molar-refractivity contribution in [3.8, 4) is 5.75 Å². The Hall–Kier alpha value is -2.88. The minimum atomic E-state index is -0.0326. The van der Waals surface area contributed by atoms with E-state index in [1.54, 1.807) is 25.3 Å². The SMILES string of the molecule is COc1ccc(C(=N)c2cc3sc(NC(=O)CN4CCOCC4)cc3[nH]2)c(N)c1. The van der Waals surface area contributed by atoms with Crippen molar-refractivity contribution in [3.63, 3.8) is 0 Å². The number of fused-ring (bicyclic) bond motifs is 1. The number of nitrogens with two attached hydrogens (primary N) is 1. The van der Waals surface area contributed by atoms with Gasteiger partial charge in [-0.1, -0.05) is 0 Å². The van der Waals surface area contributed by atoms with Crippen LogP contribution in [0.25, 0.3) is 10.2 Å². The monoisotopic (exact) mass is 413 g/mol. The minimum Gasteiger partial charge on any atom is -0.497 e. The lowest BCUT2D eigenvalue weighted by atomic mass is 10.1. The zero-order valence-electron chi connectivity index (χ0n) is 16.1. The third-order valence-corrected chi connectivity index (χ3v) is 5.83. The van der Waals surface area contributed by atoms with E-state index in [1.165, 1.54) is 11.3 Å².